The van der Waals surface area contributed by atoms with Crippen molar-refractivity contribution in [2.45, 2.75) is 109 Å². The summed E-state index contributed by atoms with van der Waals surface area (Å²) in [6.07, 6.45) is 6.63. The average Bonchev–Trinajstić information content (AvgIpc) is 3.33. The molecule has 10 heteroatoms. The average molecular weight is 464 g/mol. The molecule has 1 aromatic rings. The number of alkyl carbamates (subject to hydrolysis) is 1. The molecule has 2 saturated heterocycles. The van der Waals surface area contributed by atoms with Crippen molar-refractivity contribution < 1.29 is 23.6 Å². The van der Waals surface area contributed by atoms with Crippen LogP contribution in [0.4, 0.5) is 9.59 Å². The van der Waals surface area contributed by atoms with Gasteiger partial charge in [-0.3, -0.25) is 4.84 Å². The minimum Gasteiger partial charge on any atom is -0.444 e. The number of hydrogen-bond acceptors (Lipinski definition) is 7. The van der Waals surface area contributed by atoms with Gasteiger partial charge in [-0.2, -0.15) is 5.06 Å². The van der Waals surface area contributed by atoms with Crippen molar-refractivity contribution in [3.63, 3.8) is 0 Å². The lowest BCUT2D eigenvalue weighted by Gasteiger charge is -2.29. The van der Waals surface area contributed by atoms with Crippen molar-refractivity contribution in [2.24, 2.45) is 0 Å². The number of nitrogens with one attached hydrogen (secondary N) is 1. The van der Waals surface area contributed by atoms with Gasteiger partial charge in [-0.05, 0) is 65.7 Å². The molecular weight excluding hydrogens is 426 g/mol. The highest BCUT2D eigenvalue weighted by Crippen LogP contribution is 2.39. The van der Waals surface area contributed by atoms with Crippen LogP contribution in [0.25, 0.3) is 0 Å². The number of hydrogen-bond donors (Lipinski definition) is 1. The molecule has 2 bridgehead atoms. The SMILES string of the molecule is CCCCON1C(=O)N2C[C@@H]1CC[C@H]2c1nnc([C@H]2CC[C@H](NC(=O)OC(C)(C)C)CC2)o1. The van der Waals surface area contributed by atoms with E-state index in [1.54, 1.807) is 9.96 Å². The number of amides is 3. The summed E-state index contributed by atoms with van der Waals surface area (Å²) in [4.78, 5) is 32.5. The predicted molar refractivity (Wildman–Crippen MR) is 119 cm³/mol. The molecule has 0 unspecified atom stereocenters. The van der Waals surface area contributed by atoms with Crippen LogP contribution in [0.5, 0.6) is 0 Å². The Morgan fingerprint density at radius 3 is 2.55 bits per heavy atom. The molecule has 0 aromatic carbocycles. The predicted octanol–water partition coefficient (Wildman–Crippen LogP) is 4.29. The molecule has 1 aliphatic carbocycles. The second-order valence-corrected chi connectivity index (χ2v) is 10.4. The van der Waals surface area contributed by atoms with E-state index in [4.69, 9.17) is 14.0 Å². The second-order valence-electron chi connectivity index (χ2n) is 10.4. The molecule has 2 atom stereocenters. The van der Waals surface area contributed by atoms with E-state index in [0.29, 0.717) is 24.9 Å². The van der Waals surface area contributed by atoms with Crippen LogP contribution in [0.15, 0.2) is 4.42 Å². The third kappa shape index (κ3) is 5.59. The highest BCUT2D eigenvalue weighted by molar-refractivity contribution is 5.77. The summed E-state index contributed by atoms with van der Waals surface area (Å²) in [5, 5.41) is 13.1. The van der Waals surface area contributed by atoms with E-state index in [-0.39, 0.29) is 36.2 Å². The molecule has 1 saturated carbocycles. The van der Waals surface area contributed by atoms with Gasteiger partial charge in [0.1, 0.15) is 11.6 Å². The van der Waals surface area contributed by atoms with Gasteiger partial charge in [0, 0.05) is 18.5 Å². The number of aromatic nitrogens is 2. The minimum absolute atomic E-state index is 0.0923. The van der Waals surface area contributed by atoms with Crippen LogP contribution in [0.2, 0.25) is 0 Å². The highest BCUT2D eigenvalue weighted by Gasteiger charge is 2.47. The van der Waals surface area contributed by atoms with Gasteiger partial charge in [0.05, 0.1) is 12.6 Å². The van der Waals surface area contributed by atoms with Crippen molar-refractivity contribution in [2.75, 3.05) is 13.2 Å². The Kier molecular flexibility index (Phi) is 7.11. The highest BCUT2D eigenvalue weighted by atomic mass is 16.7. The third-order valence-electron chi connectivity index (χ3n) is 6.59. The molecule has 3 heterocycles. The standard InChI is InChI=1S/C23H37N5O5/c1-5-6-13-31-28-17-11-12-18(27(14-17)22(28)30)20-26-25-19(32-20)15-7-9-16(10-8-15)24-21(29)33-23(2,3)4/h15-18H,5-14H2,1-4H3,(H,24,29)/t15-,16-,17-,18-/m0/s1. The number of carbonyl (C=O) groups excluding carboxylic acids is 2. The number of ether oxygens (including phenoxy) is 1. The Morgan fingerprint density at radius 2 is 1.85 bits per heavy atom. The molecule has 10 nitrogen and oxygen atoms in total. The molecule has 184 valence electrons. The number of piperidine rings is 1. The van der Waals surface area contributed by atoms with Gasteiger partial charge in [0.2, 0.25) is 11.8 Å². The first-order valence-electron chi connectivity index (χ1n) is 12.3. The number of hydroxylamine groups is 2. The van der Waals surface area contributed by atoms with E-state index in [1.165, 1.54) is 0 Å². The van der Waals surface area contributed by atoms with Gasteiger partial charge >= 0.3 is 12.1 Å². The van der Waals surface area contributed by atoms with Crippen LogP contribution in [0, 0.1) is 0 Å². The molecule has 1 aromatic heterocycles. The Labute approximate surface area is 195 Å². The monoisotopic (exact) mass is 463 g/mol. The number of fused-ring (bicyclic) bond motifs is 2. The normalized spacial score (nSPS) is 27.7. The molecule has 0 spiro atoms. The molecule has 3 aliphatic rings. The van der Waals surface area contributed by atoms with Gasteiger partial charge in [-0.25, -0.2) is 9.59 Å². The fourth-order valence-corrected chi connectivity index (χ4v) is 4.87. The van der Waals surface area contributed by atoms with Crippen molar-refractivity contribution in [1.82, 2.24) is 25.5 Å². The zero-order chi connectivity index (χ0) is 23.6. The van der Waals surface area contributed by atoms with Crippen molar-refractivity contribution in [3.05, 3.63) is 11.8 Å². The summed E-state index contributed by atoms with van der Waals surface area (Å²) >= 11 is 0. The van der Waals surface area contributed by atoms with Crippen LogP contribution in [0.3, 0.4) is 0 Å². The van der Waals surface area contributed by atoms with E-state index in [9.17, 15) is 9.59 Å². The van der Waals surface area contributed by atoms with E-state index in [2.05, 4.69) is 22.4 Å². The number of unbranched alkanes of at least 4 members (excludes halogenated alkanes) is 1. The summed E-state index contributed by atoms with van der Waals surface area (Å²) in [5.74, 6) is 1.31. The van der Waals surface area contributed by atoms with Crippen LogP contribution in [-0.4, -0.2) is 63.1 Å². The van der Waals surface area contributed by atoms with Crippen LogP contribution < -0.4 is 5.32 Å². The zero-order valence-electron chi connectivity index (χ0n) is 20.2. The number of urea groups is 1. The van der Waals surface area contributed by atoms with Crippen LogP contribution in [-0.2, 0) is 9.57 Å². The summed E-state index contributed by atoms with van der Waals surface area (Å²) in [6.45, 7) is 8.87. The van der Waals surface area contributed by atoms with Gasteiger partial charge in [0.15, 0.2) is 0 Å². The molecule has 3 amide bonds. The van der Waals surface area contributed by atoms with E-state index < -0.39 is 5.60 Å². The lowest BCUT2D eigenvalue weighted by molar-refractivity contribution is -0.130. The van der Waals surface area contributed by atoms with Crippen molar-refractivity contribution in [3.8, 4) is 0 Å². The fourth-order valence-electron chi connectivity index (χ4n) is 4.87. The molecule has 2 aliphatic heterocycles. The van der Waals surface area contributed by atoms with Gasteiger partial charge in [0.25, 0.3) is 0 Å². The Bertz CT molecular complexity index is 829. The van der Waals surface area contributed by atoms with E-state index in [0.717, 1.165) is 51.4 Å². The summed E-state index contributed by atoms with van der Waals surface area (Å²) < 4.78 is 11.4. The molecule has 4 rings (SSSR count). The molecule has 1 N–H and O–H groups in total. The quantitative estimate of drug-likeness (QED) is 0.601. The number of nitrogens with zero attached hydrogens (tertiary/aromatic N) is 4. The fraction of sp³-hybridized carbons (Fsp3) is 0.826. The van der Waals surface area contributed by atoms with Crippen molar-refractivity contribution >= 4 is 12.1 Å². The Balaban J connectivity index is 1.30. The smallest absolute Gasteiger partial charge is 0.407 e. The largest absolute Gasteiger partial charge is 0.444 e. The van der Waals surface area contributed by atoms with Crippen LogP contribution in [0.1, 0.15) is 103 Å². The molecule has 33 heavy (non-hydrogen) atoms. The second kappa shape index (κ2) is 9.87. The lowest BCUT2D eigenvalue weighted by atomic mass is 9.86. The summed E-state index contributed by atoms with van der Waals surface area (Å²) in [5.41, 5.74) is -0.504. The van der Waals surface area contributed by atoms with E-state index >= 15 is 0 Å². The lowest BCUT2D eigenvalue weighted by Crippen LogP contribution is -2.40. The topological polar surface area (TPSA) is 110 Å². The first kappa shape index (κ1) is 23.8. The zero-order valence-corrected chi connectivity index (χ0v) is 20.2. The molecule has 0 radical (unpaired) electrons. The van der Waals surface area contributed by atoms with Crippen molar-refractivity contribution in [1.29, 1.82) is 0 Å². The minimum atomic E-state index is -0.504. The van der Waals surface area contributed by atoms with E-state index in [1.807, 2.05) is 20.8 Å². The first-order valence-corrected chi connectivity index (χ1v) is 12.3. The van der Waals surface area contributed by atoms with Gasteiger partial charge < -0.3 is 19.4 Å². The maximum Gasteiger partial charge on any atom is 0.407 e. The van der Waals surface area contributed by atoms with Gasteiger partial charge in [-0.1, -0.05) is 13.3 Å². The Morgan fingerprint density at radius 1 is 1.12 bits per heavy atom. The molecule has 3 fully saturated rings. The molecular formula is C23H37N5O5. The Hall–Kier alpha value is -2.36. The summed E-state index contributed by atoms with van der Waals surface area (Å²) in [7, 11) is 0. The first-order chi connectivity index (χ1) is 15.7. The summed E-state index contributed by atoms with van der Waals surface area (Å²) in [6, 6.07) is -0.109. The number of rotatable bonds is 7. The number of carbonyl (C=O) groups is 2. The van der Waals surface area contributed by atoms with Crippen LogP contribution >= 0.6 is 0 Å². The third-order valence-corrected chi connectivity index (χ3v) is 6.59. The van der Waals surface area contributed by atoms with Gasteiger partial charge in [-0.15, -0.1) is 10.2 Å². The maximum atomic E-state index is 12.9. The maximum absolute atomic E-state index is 12.9.